The third-order valence-corrected chi connectivity index (χ3v) is 1.13. The molecule has 0 saturated carbocycles. The van der Waals surface area contributed by atoms with Gasteiger partial charge in [-0.3, -0.25) is 0 Å². The number of benzene rings is 1. The number of rotatable bonds is 3. The Balaban J connectivity index is 2.62. The topological polar surface area (TPSA) is 29.5 Å². The predicted octanol–water partition coefficient (Wildman–Crippen LogP) is 0.997. The summed E-state index contributed by atoms with van der Waals surface area (Å²) in [5.41, 5.74) is 0. The number of hydrogen-bond donors (Lipinski definition) is 1. The smallest absolute Gasteiger partial charge is 0.165 e. The molecule has 0 aromatic heterocycles. The zero-order valence-electron chi connectivity index (χ0n) is 5.88. The highest BCUT2D eigenvalue weighted by atomic mass is 19.1. The third-order valence-electron chi connectivity index (χ3n) is 1.13. The summed E-state index contributed by atoms with van der Waals surface area (Å²) in [4.78, 5) is 0. The summed E-state index contributed by atoms with van der Waals surface area (Å²) >= 11 is 0. The fraction of sp³-hybridized carbons (Fsp3) is 0.250. The summed E-state index contributed by atoms with van der Waals surface area (Å²) in [5.74, 6) is -0.307. The average molecular weight is 155 g/mol. The molecule has 0 aliphatic heterocycles. The van der Waals surface area contributed by atoms with Crippen molar-refractivity contribution in [3.05, 3.63) is 30.1 Å². The molecule has 0 saturated heterocycles. The van der Waals surface area contributed by atoms with Crippen molar-refractivity contribution in [2.45, 2.75) is 0 Å². The lowest BCUT2D eigenvalue weighted by Crippen LogP contribution is -2.02. The van der Waals surface area contributed by atoms with Gasteiger partial charge >= 0.3 is 0 Å². The highest BCUT2D eigenvalue weighted by molar-refractivity contribution is 5.22. The lowest BCUT2D eigenvalue weighted by atomic mass is 10.3. The summed E-state index contributed by atoms with van der Waals surface area (Å²) in [6, 6.07) is 6.76. The maximum absolute atomic E-state index is 12.7. The average Bonchev–Trinajstić information content (AvgIpc) is 2.03. The molecular weight excluding hydrogens is 147 g/mol. The Kier molecular flexibility index (Phi) is 2.86. The number of hydrogen-bond acceptors (Lipinski definition) is 2. The minimum absolute atomic E-state index is 0.112. The van der Waals surface area contributed by atoms with E-state index in [1.165, 1.54) is 12.1 Å². The lowest BCUT2D eigenvalue weighted by molar-refractivity contribution is 0.196. The van der Waals surface area contributed by atoms with E-state index in [-0.39, 0.29) is 19.0 Å². The van der Waals surface area contributed by atoms with Crippen LogP contribution in [0.4, 0.5) is 4.39 Å². The van der Waals surface area contributed by atoms with Crippen molar-refractivity contribution in [2.75, 3.05) is 13.2 Å². The van der Waals surface area contributed by atoms with Crippen LogP contribution in [-0.2, 0) is 0 Å². The summed E-state index contributed by atoms with van der Waals surface area (Å²) in [5, 5.41) is 8.36. The second-order valence-electron chi connectivity index (χ2n) is 1.93. The quantitative estimate of drug-likeness (QED) is 0.705. The standard InChI is InChI=1S/C8H8FO2/c9-7-3-1-2-4-8(7)11-6-5-10/h2-4,10H,5-6H2. The maximum Gasteiger partial charge on any atom is 0.165 e. The molecule has 11 heavy (non-hydrogen) atoms. The van der Waals surface area contributed by atoms with Crippen molar-refractivity contribution in [3.8, 4) is 5.75 Å². The van der Waals surface area contributed by atoms with Crippen molar-refractivity contribution in [1.29, 1.82) is 0 Å². The number of halogens is 1. The highest BCUT2D eigenvalue weighted by Crippen LogP contribution is 2.14. The van der Waals surface area contributed by atoms with Gasteiger partial charge in [0.1, 0.15) is 6.61 Å². The molecule has 59 valence electrons. The third kappa shape index (κ3) is 2.20. The molecule has 0 aliphatic carbocycles. The van der Waals surface area contributed by atoms with E-state index in [1.54, 1.807) is 6.07 Å². The fourth-order valence-corrected chi connectivity index (χ4v) is 0.668. The van der Waals surface area contributed by atoms with Gasteiger partial charge in [-0.2, -0.15) is 0 Å². The minimum atomic E-state index is -0.457. The zero-order valence-corrected chi connectivity index (χ0v) is 5.88. The molecule has 3 heteroatoms. The van der Waals surface area contributed by atoms with Crippen LogP contribution in [0.5, 0.6) is 5.75 Å². The van der Waals surface area contributed by atoms with Crippen LogP contribution in [0.1, 0.15) is 0 Å². The van der Waals surface area contributed by atoms with Crippen molar-refractivity contribution in [1.82, 2.24) is 0 Å². The molecule has 1 radical (unpaired) electrons. The van der Waals surface area contributed by atoms with Crippen LogP contribution in [0.3, 0.4) is 0 Å². The molecule has 0 atom stereocenters. The molecule has 1 aromatic carbocycles. The van der Waals surface area contributed by atoms with Gasteiger partial charge in [-0.15, -0.1) is 0 Å². The molecule has 1 N–H and O–H groups in total. The Morgan fingerprint density at radius 2 is 2.45 bits per heavy atom. The van der Waals surface area contributed by atoms with Gasteiger partial charge in [0, 0.05) is 0 Å². The largest absolute Gasteiger partial charge is 0.488 e. The van der Waals surface area contributed by atoms with Crippen molar-refractivity contribution in [2.24, 2.45) is 0 Å². The Bertz CT molecular complexity index is 225. The summed E-state index contributed by atoms with van der Waals surface area (Å²) in [6.45, 7) is -0.00101. The van der Waals surface area contributed by atoms with E-state index in [9.17, 15) is 4.39 Å². The zero-order chi connectivity index (χ0) is 8.10. The van der Waals surface area contributed by atoms with E-state index in [2.05, 4.69) is 6.07 Å². The van der Waals surface area contributed by atoms with Gasteiger partial charge in [0.2, 0.25) is 0 Å². The van der Waals surface area contributed by atoms with Gasteiger partial charge in [0.15, 0.2) is 11.6 Å². The Labute approximate surface area is 64.2 Å². The van der Waals surface area contributed by atoms with Gasteiger partial charge in [-0.25, -0.2) is 4.39 Å². The SMILES string of the molecule is OCCOc1cc[c]cc1F. The second-order valence-corrected chi connectivity index (χ2v) is 1.93. The molecule has 0 unspecified atom stereocenters. The van der Waals surface area contributed by atoms with Gasteiger partial charge in [0.05, 0.1) is 6.61 Å². The first-order chi connectivity index (χ1) is 5.34. The molecule has 0 fully saturated rings. The second kappa shape index (κ2) is 3.93. The van der Waals surface area contributed by atoms with Crippen LogP contribution in [0, 0.1) is 11.9 Å². The summed E-state index contributed by atoms with van der Waals surface area (Å²) in [7, 11) is 0. The van der Waals surface area contributed by atoms with E-state index in [4.69, 9.17) is 9.84 Å². The molecule has 0 heterocycles. The van der Waals surface area contributed by atoms with Gasteiger partial charge in [0.25, 0.3) is 0 Å². The van der Waals surface area contributed by atoms with Gasteiger partial charge in [-0.05, 0) is 18.2 Å². The van der Waals surface area contributed by atoms with E-state index in [0.717, 1.165) is 0 Å². The first-order valence-electron chi connectivity index (χ1n) is 3.24. The van der Waals surface area contributed by atoms with Crippen molar-refractivity contribution in [3.63, 3.8) is 0 Å². The van der Waals surface area contributed by atoms with E-state index < -0.39 is 5.82 Å². The molecule has 1 rings (SSSR count). The first-order valence-corrected chi connectivity index (χ1v) is 3.24. The molecule has 0 aliphatic rings. The van der Waals surface area contributed by atoms with Crippen LogP contribution >= 0.6 is 0 Å². The van der Waals surface area contributed by atoms with Crippen LogP contribution in [0.15, 0.2) is 18.2 Å². The normalized spacial score (nSPS) is 9.64. The van der Waals surface area contributed by atoms with Crippen LogP contribution in [0.2, 0.25) is 0 Å². The Morgan fingerprint density at radius 1 is 1.64 bits per heavy atom. The molecular formula is C8H8FO2. The molecule has 0 spiro atoms. The molecule has 0 bridgehead atoms. The molecule has 1 aromatic rings. The fourth-order valence-electron chi connectivity index (χ4n) is 0.668. The first kappa shape index (κ1) is 8.01. The predicted molar refractivity (Wildman–Crippen MR) is 37.8 cm³/mol. The van der Waals surface area contributed by atoms with Gasteiger partial charge < -0.3 is 9.84 Å². The van der Waals surface area contributed by atoms with Crippen LogP contribution < -0.4 is 4.74 Å². The minimum Gasteiger partial charge on any atom is -0.488 e. The summed E-state index contributed by atoms with van der Waals surface area (Å²) in [6.07, 6.45) is 0. The number of aliphatic hydroxyl groups excluding tert-OH is 1. The van der Waals surface area contributed by atoms with E-state index in [1.807, 2.05) is 0 Å². The highest BCUT2D eigenvalue weighted by Gasteiger charge is 1.99. The van der Waals surface area contributed by atoms with Gasteiger partial charge in [-0.1, -0.05) is 6.07 Å². The van der Waals surface area contributed by atoms with Crippen molar-refractivity contribution < 1.29 is 14.2 Å². The van der Waals surface area contributed by atoms with E-state index in [0.29, 0.717) is 0 Å². The summed E-state index contributed by atoms with van der Waals surface area (Å²) < 4.78 is 17.5. The Hall–Kier alpha value is -1.09. The maximum atomic E-state index is 12.7. The Morgan fingerprint density at radius 3 is 3.09 bits per heavy atom. The van der Waals surface area contributed by atoms with Crippen molar-refractivity contribution >= 4 is 0 Å². The lowest BCUT2D eigenvalue weighted by Gasteiger charge is -2.03. The molecule has 0 amide bonds. The van der Waals surface area contributed by atoms with Crippen LogP contribution in [0.25, 0.3) is 0 Å². The molecule has 2 nitrogen and oxygen atoms in total. The van der Waals surface area contributed by atoms with Crippen LogP contribution in [-0.4, -0.2) is 18.3 Å². The number of aliphatic hydroxyl groups is 1. The monoisotopic (exact) mass is 155 g/mol. The van der Waals surface area contributed by atoms with E-state index >= 15 is 0 Å². The number of ether oxygens (including phenoxy) is 1.